The van der Waals surface area contributed by atoms with Gasteiger partial charge in [0, 0.05) is 6.54 Å². The minimum atomic E-state index is -4.63. The lowest BCUT2D eigenvalue weighted by Gasteiger charge is -2.15. The number of amides is 1. The highest BCUT2D eigenvalue weighted by atomic mass is 19.3. The molecule has 7 heteroatoms. The van der Waals surface area contributed by atoms with Gasteiger partial charge in [-0.15, -0.1) is 0 Å². The van der Waals surface area contributed by atoms with Gasteiger partial charge in [-0.05, 0) is 12.8 Å². The largest absolute Gasteiger partial charge is 0.383 e. The van der Waals surface area contributed by atoms with Crippen molar-refractivity contribution in [3.05, 3.63) is 0 Å². The molecule has 3 nitrogen and oxygen atoms in total. The Hall–Kier alpha value is -0.850. The van der Waals surface area contributed by atoms with Crippen molar-refractivity contribution in [3.63, 3.8) is 0 Å². The van der Waals surface area contributed by atoms with E-state index in [1.54, 1.807) is 5.32 Å². The average molecular weight is 257 g/mol. The van der Waals surface area contributed by atoms with Gasteiger partial charge in [0.05, 0.1) is 12.7 Å². The number of nitrogens with one attached hydrogen (secondary N) is 1. The maximum absolute atomic E-state index is 12.5. The third-order valence-corrected chi connectivity index (χ3v) is 2.62. The lowest BCUT2D eigenvalue weighted by atomic mass is 10.3. The molecule has 17 heavy (non-hydrogen) atoms. The van der Waals surface area contributed by atoms with Crippen molar-refractivity contribution in [2.45, 2.75) is 44.1 Å². The van der Waals surface area contributed by atoms with Gasteiger partial charge >= 0.3 is 12.3 Å². The SMILES string of the molecule is O=C(NCCOC1CCCC1)C(F)(F)C(F)F. The Bertz CT molecular complexity index is 255. The summed E-state index contributed by atoms with van der Waals surface area (Å²) in [5.41, 5.74) is 0. The van der Waals surface area contributed by atoms with Crippen LogP contribution in [0, 0.1) is 0 Å². The van der Waals surface area contributed by atoms with E-state index in [-0.39, 0.29) is 19.3 Å². The second-order valence-corrected chi connectivity index (χ2v) is 3.96. The molecule has 1 fully saturated rings. The quantitative estimate of drug-likeness (QED) is 0.583. The minimum absolute atomic E-state index is 0.0652. The molecule has 0 spiro atoms. The Morgan fingerprint density at radius 2 is 1.94 bits per heavy atom. The van der Waals surface area contributed by atoms with Gasteiger partial charge in [-0.3, -0.25) is 4.79 Å². The topological polar surface area (TPSA) is 38.3 Å². The number of hydrogen-bond donors (Lipinski definition) is 1. The van der Waals surface area contributed by atoms with Crippen molar-refractivity contribution in [3.8, 4) is 0 Å². The van der Waals surface area contributed by atoms with E-state index >= 15 is 0 Å². The maximum Gasteiger partial charge on any atom is 0.383 e. The molecule has 0 atom stereocenters. The Labute approximate surface area is 96.5 Å². The summed E-state index contributed by atoms with van der Waals surface area (Å²) in [6.07, 6.45) is 0.0873. The highest BCUT2D eigenvalue weighted by Crippen LogP contribution is 2.23. The van der Waals surface area contributed by atoms with Gasteiger partial charge in [-0.1, -0.05) is 12.8 Å². The second kappa shape index (κ2) is 6.18. The summed E-state index contributed by atoms with van der Waals surface area (Å²) >= 11 is 0. The monoisotopic (exact) mass is 257 g/mol. The molecule has 1 rings (SSSR count). The molecule has 1 N–H and O–H groups in total. The molecule has 0 radical (unpaired) electrons. The molecule has 1 saturated carbocycles. The minimum Gasteiger partial charge on any atom is -0.376 e. The first-order valence-electron chi connectivity index (χ1n) is 5.50. The number of carbonyl (C=O) groups is 1. The van der Waals surface area contributed by atoms with Crippen molar-refractivity contribution >= 4 is 5.91 Å². The summed E-state index contributed by atoms with van der Waals surface area (Å²) in [7, 11) is 0. The van der Waals surface area contributed by atoms with E-state index in [1.165, 1.54) is 0 Å². The van der Waals surface area contributed by atoms with Crippen LogP contribution in [0.5, 0.6) is 0 Å². The van der Waals surface area contributed by atoms with E-state index in [4.69, 9.17) is 4.74 Å². The second-order valence-electron chi connectivity index (χ2n) is 3.96. The number of hydrogen-bond acceptors (Lipinski definition) is 2. The Morgan fingerprint density at radius 1 is 1.35 bits per heavy atom. The van der Waals surface area contributed by atoms with Crippen molar-refractivity contribution in [2.75, 3.05) is 13.2 Å². The molecule has 100 valence electrons. The van der Waals surface area contributed by atoms with E-state index in [1.807, 2.05) is 0 Å². The standard InChI is InChI=1S/C10H15F4NO2/c11-8(12)10(13,14)9(16)15-5-6-17-7-3-1-2-4-7/h7-8H,1-6H2,(H,15,16). The summed E-state index contributed by atoms with van der Waals surface area (Å²) in [6, 6.07) is 0. The van der Waals surface area contributed by atoms with Crippen LogP contribution in [-0.2, 0) is 9.53 Å². The molecular weight excluding hydrogens is 242 g/mol. The number of ether oxygens (including phenoxy) is 1. The first-order chi connectivity index (χ1) is 7.94. The zero-order valence-electron chi connectivity index (χ0n) is 9.23. The Kier molecular flexibility index (Phi) is 5.17. The van der Waals surface area contributed by atoms with Gasteiger partial charge in [0.25, 0.3) is 5.91 Å². The van der Waals surface area contributed by atoms with Gasteiger partial charge in [0.15, 0.2) is 0 Å². The van der Waals surface area contributed by atoms with Crippen molar-refractivity contribution in [2.24, 2.45) is 0 Å². The lowest BCUT2D eigenvalue weighted by Crippen LogP contribution is -2.46. The predicted molar refractivity (Wildman–Crippen MR) is 52.2 cm³/mol. The summed E-state index contributed by atoms with van der Waals surface area (Å²) in [4.78, 5) is 10.7. The summed E-state index contributed by atoms with van der Waals surface area (Å²) < 4.78 is 53.8. The van der Waals surface area contributed by atoms with Crippen LogP contribution in [-0.4, -0.2) is 37.5 Å². The van der Waals surface area contributed by atoms with Gasteiger partial charge in [-0.25, -0.2) is 8.78 Å². The first kappa shape index (κ1) is 14.2. The van der Waals surface area contributed by atoms with Crippen LogP contribution < -0.4 is 5.32 Å². The number of alkyl halides is 4. The molecular formula is C10H15F4NO2. The third kappa shape index (κ3) is 4.14. The maximum atomic E-state index is 12.5. The molecule has 0 aromatic heterocycles. The average Bonchev–Trinajstić information content (AvgIpc) is 2.76. The zero-order valence-corrected chi connectivity index (χ0v) is 9.23. The molecule has 1 aliphatic carbocycles. The third-order valence-electron chi connectivity index (χ3n) is 2.62. The number of halogens is 4. The number of rotatable bonds is 6. The molecule has 0 bridgehead atoms. The summed E-state index contributed by atoms with van der Waals surface area (Å²) in [5.74, 6) is -6.59. The first-order valence-corrected chi connectivity index (χ1v) is 5.50. The lowest BCUT2D eigenvalue weighted by molar-refractivity contribution is -0.169. The molecule has 1 amide bonds. The van der Waals surface area contributed by atoms with Gasteiger partial charge < -0.3 is 10.1 Å². The predicted octanol–water partition coefficient (Wildman–Crippen LogP) is 1.96. The van der Waals surface area contributed by atoms with Crippen LogP contribution in [0.25, 0.3) is 0 Å². The molecule has 0 unspecified atom stereocenters. The molecule has 0 aliphatic heterocycles. The van der Waals surface area contributed by atoms with Crippen LogP contribution >= 0.6 is 0 Å². The molecule has 0 aromatic rings. The Balaban J connectivity index is 2.15. The fraction of sp³-hybridized carbons (Fsp3) is 0.900. The summed E-state index contributed by atoms with van der Waals surface area (Å²) in [5, 5.41) is 1.73. The van der Waals surface area contributed by atoms with E-state index < -0.39 is 18.3 Å². The van der Waals surface area contributed by atoms with Crippen LogP contribution in [0.15, 0.2) is 0 Å². The fourth-order valence-electron chi connectivity index (χ4n) is 1.66. The highest BCUT2D eigenvalue weighted by molar-refractivity contribution is 5.83. The molecule has 0 saturated heterocycles. The van der Waals surface area contributed by atoms with E-state index in [0.717, 1.165) is 25.7 Å². The van der Waals surface area contributed by atoms with Crippen LogP contribution in [0.1, 0.15) is 25.7 Å². The summed E-state index contributed by atoms with van der Waals surface area (Å²) in [6.45, 7) is -0.118. The van der Waals surface area contributed by atoms with E-state index in [9.17, 15) is 22.4 Å². The van der Waals surface area contributed by atoms with E-state index in [2.05, 4.69) is 0 Å². The van der Waals surface area contributed by atoms with Gasteiger partial charge in [-0.2, -0.15) is 8.78 Å². The smallest absolute Gasteiger partial charge is 0.376 e. The zero-order chi connectivity index (χ0) is 12.9. The molecule has 0 heterocycles. The fourth-order valence-corrected chi connectivity index (χ4v) is 1.66. The number of carbonyl (C=O) groups excluding carboxylic acids is 1. The normalized spacial score (nSPS) is 17.7. The van der Waals surface area contributed by atoms with E-state index in [0.29, 0.717) is 0 Å². The van der Waals surface area contributed by atoms with Crippen LogP contribution in [0.3, 0.4) is 0 Å². The van der Waals surface area contributed by atoms with Crippen molar-refractivity contribution in [1.82, 2.24) is 5.32 Å². The van der Waals surface area contributed by atoms with Gasteiger partial charge in [0.1, 0.15) is 0 Å². The van der Waals surface area contributed by atoms with Crippen LogP contribution in [0.2, 0.25) is 0 Å². The molecule has 0 aromatic carbocycles. The van der Waals surface area contributed by atoms with Gasteiger partial charge in [0.2, 0.25) is 0 Å². The van der Waals surface area contributed by atoms with Crippen molar-refractivity contribution in [1.29, 1.82) is 0 Å². The Morgan fingerprint density at radius 3 is 2.47 bits per heavy atom. The van der Waals surface area contributed by atoms with Crippen molar-refractivity contribution < 1.29 is 27.1 Å². The highest BCUT2D eigenvalue weighted by Gasteiger charge is 2.48. The molecule has 1 aliphatic rings. The van der Waals surface area contributed by atoms with Crippen LogP contribution in [0.4, 0.5) is 17.6 Å².